The molecule has 0 spiro atoms. The van der Waals surface area contributed by atoms with E-state index in [-0.39, 0.29) is 12.0 Å². The van der Waals surface area contributed by atoms with E-state index in [0.717, 1.165) is 6.92 Å². The largest absolute Gasteiger partial charge is 0.379 e. The van der Waals surface area contributed by atoms with Gasteiger partial charge in [-0.2, -0.15) is 0 Å². The van der Waals surface area contributed by atoms with Crippen molar-refractivity contribution in [3.05, 3.63) is 35.9 Å². The summed E-state index contributed by atoms with van der Waals surface area (Å²) in [7, 11) is 0. The van der Waals surface area contributed by atoms with Crippen LogP contribution in [0.2, 0.25) is 0 Å². The van der Waals surface area contributed by atoms with Crippen LogP contribution in [-0.4, -0.2) is 11.0 Å². The minimum atomic E-state index is -3.10. The molecule has 14 heavy (non-hydrogen) atoms. The number of benzene rings is 1. The number of aliphatic hydroxyl groups is 1. The first-order valence-electron chi connectivity index (χ1n) is 4.57. The topological polar surface area (TPSA) is 20.2 Å². The Morgan fingerprint density at radius 3 is 2.14 bits per heavy atom. The van der Waals surface area contributed by atoms with Crippen molar-refractivity contribution in [1.29, 1.82) is 0 Å². The normalized spacial score (nSPS) is 16.4. The molecule has 0 bridgehead atoms. The first kappa shape index (κ1) is 11.1. The van der Waals surface area contributed by atoms with Crippen LogP contribution in [0.25, 0.3) is 0 Å². The summed E-state index contributed by atoms with van der Waals surface area (Å²) in [5.41, 5.74) is -1.85. The van der Waals surface area contributed by atoms with Gasteiger partial charge in [-0.1, -0.05) is 37.3 Å². The molecule has 0 aliphatic rings. The molecule has 1 aromatic rings. The average molecular weight is 200 g/mol. The molecule has 0 amide bonds. The Morgan fingerprint density at radius 2 is 1.71 bits per heavy atom. The van der Waals surface area contributed by atoms with Crippen LogP contribution >= 0.6 is 0 Å². The third-order valence-electron chi connectivity index (χ3n) is 2.49. The molecule has 3 heteroatoms. The smallest absolute Gasteiger partial charge is 0.279 e. The third kappa shape index (κ3) is 1.77. The maximum Gasteiger partial charge on any atom is 0.279 e. The molecule has 0 fully saturated rings. The summed E-state index contributed by atoms with van der Waals surface area (Å²) in [5, 5.41) is 9.76. The second-order valence-corrected chi connectivity index (χ2v) is 3.50. The molecular weight excluding hydrogens is 186 g/mol. The summed E-state index contributed by atoms with van der Waals surface area (Å²) < 4.78 is 26.7. The Bertz CT molecular complexity index is 293. The number of halogens is 2. The molecule has 1 aromatic carbocycles. The number of hydrogen-bond donors (Lipinski definition) is 1. The Kier molecular flexibility index (Phi) is 2.90. The zero-order valence-electron chi connectivity index (χ0n) is 8.30. The van der Waals surface area contributed by atoms with Gasteiger partial charge < -0.3 is 5.11 Å². The average Bonchev–Trinajstić information content (AvgIpc) is 2.19. The van der Waals surface area contributed by atoms with E-state index in [0.29, 0.717) is 0 Å². The Morgan fingerprint density at radius 1 is 1.21 bits per heavy atom. The molecule has 0 aliphatic carbocycles. The van der Waals surface area contributed by atoms with Gasteiger partial charge in [0.1, 0.15) is 5.60 Å². The SMILES string of the molecule is CCC(F)(F)C(C)(O)c1ccccc1. The fourth-order valence-corrected chi connectivity index (χ4v) is 1.32. The van der Waals surface area contributed by atoms with E-state index in [2.05, 4.69) is 0 Å². The van der Waals surface area contributed by atoms with Gasteiger partial charge in [0.2, 0.25) is 0 Å². The van der Waals surface area contributed by atoms with Crippen LogP contribution in [0.4, 0.5) is 8.78 Å². The van der Waals surface area contributed by atoms with Crippen LogP contribution in [0.15, 0.2) is 30.3 Å². The Labute approximate surface area is 82.4 Å². The molecule has 1 N–H and O–H groups in total. The fourth-order valence-electron chi connectivity index (χ4n) is 1.32. The molecular formula is C11H14F2O. The van der Waals surface area contributed by atoms with Crippen LogP contribution in [-0.2, 0) is 5.60 Å². The van der Waals surface area contributed by atoms with Gasteiger partial charge in [-0.3, -0.25) is 0 Å². The lowest BCUT2D eigenvalue weighted by molar-refractivity contribution is -0.178. The summed E-state index contributed by atoms with van der Waals surface area (Å²) in [6.07, 6.45) is -0.380. The minimum Gasteiger partial charge on any atom is -0.379 e. The summed E-state index contributed by atoms with van der Waals surface area (Å²) in [4.78, 5) is 0. The number of rotatable bonds is 3. The first-order chi connectivity index (χ1) is 6.42. The summed E-state index contributed by atoms with van der Waals surface area (Å²) in [6.45, 7) is 2.50. The molecule has 0 aromatic heterocycles. The fraction of sp³-hybridized carbons (Fsp3) is 0.455. The van der Waals surface area contributed by atoms with Crippen molar-refractivity contribution < 1.29 is 13.9 Å². The van der Waals surface area contributed by atoms with Crippen molar-refractivity contribution in [2.45, 2.75) is 31.8 Å². The van der Waals surface area contributed by atoms with Crippen molar-refractivity contribution >= 4 is 0 Å². The second kappa shape index (κ2) is 3.65. The summed E-state index contributed by atoms with van der Waals surface area (Å²) >= 11 is 0. The summed E-state index contributed by atoms with van der Waals surface area (Å²) in [6, 6.07) is 8.00. The lowest BCUT2D eigenvalue weighted by Gasteiger charge is -2.32. The van der Waals surface area contributed by atoms with Crippen LogP contribution in [0.5, 0.6) is 0 Å². The zero-order valence-corrected chi connectivity index (χ0v) is 8.30. The maximum absolute atomic E-state index is 13.4. The van der Waals surface area contributed by atoms with E-state index in [4.69, 9.17) is 0 Å². The lowest BCUT2D eigenvalue weighted by atomic mass is 9.88. The quantitative estimate of drug-likeness (QED) is 0.795. The monoisotopic (exact) mass is 200 g/mol. The number of alkyl halides is 2. The van der Waals surface area contributed by atoms with Crippen LogP contribution in [0.1, 0.15) is 25.8 Å². The molecule has 0 aliphatic heterocycles. The lowest BCUT2D eigenvalue weighted by Crippen LogP contribution is -2.42. The molecule has 1 nitrogen and oxygen atoms in total. The highest BCUT2D eigenvalue weighted by Gasteiger charge is 2.48. The molecule has 1 unspecified atom stereocenters. The highest BCUT2D eigenvalue weighted by Crippen LogP contribution is 2.39. The van der Waals surface area contributed by atoms with Gasteiger partial charge in [0, 0.05) is 6.42 Å². The number of hydrogen-bond acceptors (Lipinski definition) is 1. The van der Waals surface area contributed by atoms with Gasteiger partial charge in [-0.25, -0.2) is 8.78 Å². The predicted octanol–water partition coefficient (Wildman–Crippen LogP) is 2.94. The second-order valence-electron chi connectivity index (χ2n) is 3.50. The van der Waals surface area contributed by atoms with E-state index < -0.39 is 11.5 Å². The third-order valence-corrected chi connectivity index (χ3v) is 2.49. The standard InChI is InChI=1S/C11H14F2O/c1-3-11(12,13)10(2,14)9-7-5-4-6-8-9/h4-8,14H,3H2,1-2H3. The Hall–Kier alpha value is -0.960. The van der Waals surface area contributed by atoms with Crippen molar-refractivity contribution in [3.8, 4) is 0 Å². The maximum atomic E-state index is 13.4. The first-order valence-corrected chi connectivity index (χ1v) is 4.57. The van der Waals surface area contributed by atoms with Crippen LogP contribution < -0.4 is 0 Å². The molecule has 0 saturated heterocycles. The molecule has 0 heterocycles. The zero-order chi connectivity index (χ0) is 10.8. The van der Waals surface area contributed by atoms with Crippen LogP contribution in [0.3, 0.4) is 0 Å². The van der Waals surface area contributed by atoms with E-state index in [1.54, 1.807) is 18.2 Å². The van der Waals surface area contributed by atoms with Crippen molar-refractivity contribution in [1.82, 2.24) is 0 Å². The molecule has 1 atom stereocenters. The molecule has 0 radical (unpaired) electrons. The van der Waals surface area contributed by atoms with E-state index in [1.807, 2.05) is 0 Å². The molecule has 78 valence electrons. The van der Waals surface area contributed by atoms with Crippen molar-refractivity contribution in [3.63, 3.8) is 0 Å². The Balaban J connectivity index is 3.08. The highest BCUT2D eigenvalue weighted by atomic mass is 19.3. The van der Waals surface area contributed by atoms with Gasteiger partial charge in [0.15, 0.2) is 0 Å². The predicted molar refractivity (Wildman–Crippen MR) is 51.3 cm³/mol. The minimum absolute atomic E-state index is 0.242. The molecule has 1 rings (SSSR count). The van der Waals surface area contributed by atoms with Gasteiger partial charge in [0.05, 0.1) is 0 Å². The molecule has 0 saturated carbocycles. The van der Waals surface area contributed by atoms with Crippen molar-refractivity contribution in [2.24, 2.45) is 0 Å². The van der Waals surface area contributed by atoms with E-state index in [1.165, 1.54) is 19.1 Å². The van der Waals surface area contributed by atoms with E-state index in [9.17, 15) is 13.9 Å². The van der Waals surface area contributed by atoms with Gasteiger partial charge >= 0.3 is 0 Å². The van der Waals surface area contributed by atoms with Gasteiger partial charge in [0.25, 0.3) is 5.92 Å². The summed E-state index contributed by atoms with van der Waals surface area (Å²) in [5.74, 6) is -3.10. The van der Waals surface area contributed by atoms with Gasteiger partial charge in [-0.15, -0.1) is 0 Å². The van der Waals surface area contributed by atoms with E-state index >= 15 is 0 Å². The highest BCUT2D eigenvalue weighted by molar-refractivity contribution is 5.23. The van der Waals surface area contributed by atoms with Crippen LogP contribution in [0, 0.1) is 0 Å². The van der Waals surface area contributed by atoms with Crippen molar-refractivity contribution in [2.75, 3.05) is 0 Å². The van der Waals surface area contributed by atoms with Gasteiger partial charge in [-0.05, 0) is 12.5 Å².